The maximum Gasteiger partial charge on any atom is 0.0436 e. The Morgan fingerprint density at radius 2 is 2.36 bits per heavy atom. The van der Waals surface area contributed by atoms with Crippen LogP contribution in [0.1, 0.15) is 39.0 Å². The van der Waals surface area contributed by atoms with Crippen LogP contribution in [0.25, 0.3) is 0 Å². The van der Waals surface area contributed by atoms with Crippen molar-refractivity contribution in [3.8, 4) is 0 Å². The average molecular weight is 154 g/mol. The highest BCUT2D eigenvalue weighted by Gasteiger charge is 2.10. The van der Waals surface area contributed by atoms with Crippen molar-refractivity contribution in [2.24, 2.45) is 5.92 Å². The summed E-state index contributed by atoms with van der Waals surface area (Å²) in [5.74, 6) is 0.611. The molecule has 1 aliphatic carbocycles. The third kappa shape index (κ3) is 2.66. The molecule has 0 bridgehead atoms. The van der Waals surface area contributed by atoms with Crippen LogP contribution >= 0.6 is 0 Å². The van der Waals surface area contributed by atoms with Crippen molar-refractivity contribution < 1.29 is 5.11 Å². The zero-order chi connectivity index (χ0) is 8.10. The molecule has 0 spiro atoms. The molecule has 0 aromatic rings. The minimum Gasteiger partial charge on any atom is -0.396 e. The summed E-state index contributed by atoms with van der Waals surface area (Å²) >= 11 is 0. The van der Waals surface area contributed by atoms with Gasteiger partial charge in [-0.3, -0.25) is 0 Å². The summed E-state index contributed by atoms with van der Waals surface area (Å²) in [5, 5.41) is 8.74. The Bertz CT molecular complexity index is 138. The molecule has 64 valence electrons. The first-order chi connectivity index (χ1) is 5.34. The molecule has 0 heterocycles. The quantitative estimate of drug-likeness (QED) is 0.619. The van der Waals surface area contributed by atoms with Gasteiger partial charge in [0.15, 0.2) is 0 Å². The van der Waals surface area contributed by atoms with E-state index in [0.29, 0.717) is 12.5 Å². The van der Waals surface area contributed by atoms with Crippen LogP contribution in [0.4, 0.5) is 0 Å². The smallest absolute Gasteiger partial charge is 0.0436 e. The Morgan fingerprint density at radius 1 is 1.55 bits per heavy atom. The summed E-state index contributed by atoms with van der Waals surface area (Å²) in [4.78, 5) is 0. The maximum atomic E-state index is 8.74. The summed E-state index contributed by atoms with van der Waals surface area (Å²) in [7, 11) is 0. The van der Waals surface area contributed by atoms with Gasteiger partial charge in [-0.05, 0) is 38.0 Å². The number of hydrogen-bond acceptors (Lipinski definition) is 1. The Morgan fingerprint density at radius 3 is 2.91 bits per heavy atom. The highest BCUT2D eigenvalue weighted by molar-refractivity contribution is 5.08. The normalized spacial score (nSPS) is 21.1. The predicted octanol–water partition coefficient (Wildman–Crippen LogP) is 2.51. The monoisotopic (exact) mass is 154 g/mol. The topological polar surface area (TPSA) is 20.2 Å². The van der Waals surface area contributed by atoms with Crippen LogP contribution in [0.15, 0.2) is 11.6 Å². The maximum absolute atomic E-state index is 8.74. The lowest BCUT2D eigenvalue weighted by Crippen LogP contribution is -2.04. The number of hydrogen-bond donors (Lipinski definition) is 1. The van der Waals surface area contributed by atoms with Gasteiger partial charge in [0.05, 0.1) is 0 Å². The lowest BCUT2D eigenvalue weighted by atomic mass is 9.89. The first kappa shape index (κ1) is 8.79. The van der Waals surface area contributed by atoms with Gasteiger partial charge in [0, 0.05) is 6.61 Å². The van der Waals surface area contributed by atoms with Crippen LogP contribution in [0.5, 0.6) is 0 Å². The molecule has 0 aliphatic heterocycles. The lowest BCUT2D eigenvalue weighted by molar-refractivity contribution is 0.269. The number of aliphatic hydroxyl groups excluding tert-OH is 1. The summed E-state index contributed by atoms with van der Waals surface area (Å²) in [6.07, 6.45) is 8.53. The Balaban J connectivity index is 2.37. The van der Waals surface area contributed by atoms with E-state index in [1.807, 2.05) is 0 Å². The summed E-state index contributed by atoms with van der Waals surface area (Å²) in [5.41, 5.74) is 1.57. The molecular weight excluding hydrogens is 136 g/mol. The van der Waals surface area contributed by atoms with Gasteiger partial charge in [0.1, 0.15) is 0 Å². The molecule has 0 saturated heterocycles. The molecule has 1 heteroatoms. The van der Waals surface area contributed by atoms with Crippen molar-refractivity contribution in [3.05, 3.63) is 11.6 Å². The van der Waals surface area contributed by atoms with Gasteiger partial charge in [-0.25, -0.2) is 0 Å². The molecule has 0 amide bonds. The number of allylic oxidation sites excluding steroid dienone is 2. The first-order valence-electron chi connectivity index (χ1n) is 4.64. The van der Waals surface area contributed by atoms with Crippen molar-refractivity contribution in [3.63, 3.8) is 0 Å². The second-order valence-corrected chi connectivity index (χ2v) is 3.44. The molecular formula is C10H18O. The first-order valence-corrected chi connectivity index (χ1v) is 4.64. The molecule has 1 nitrogen and oxygen atoms in total. The largest absolute Gasteiger partial charge is 0.396 e. The minimum atomic E-state index is 0.332. The van der Waals surface area contributed by atoms with Gasteiger partial charge >= 0.3 is 0 Å². The second-order valence-electron chi connectivity index (χ2n) is 3.44. The van der Waals surface area contributed by atoms with E-state index < -0.39 is 0 Å². The zero-order valence-corrected chi connectivity index (χ0v) is 7.34. The number of aliphatic hydroxyl groups is 1. The van der Waals surface area contributed by atoms with E-state index in [4.69, 9.17) is 5.11 Å². The van der Waals surface area contributed by atoms with E-state index >= 15 is 0 Å². The van der Waals surface area contributed by atoms with Gasteiger partial charge in [-0.2, -0.15) is 0 Å². The van der Waals surface area contributed by atoms with E-state index in [0.717, 1.165) is 6.42 Å². The molecule has 0 unspecified atom stereocenters. The molecule has 11 heavy (non-hydrogen) atoms. The Labute approximate surface area is 69.1 Å². The van der Waals surface area contributed by atoms with Crippen LogP contribution in [0, 0.1) is 5.92 Å². The standard InChI is InChI=1S/C10H18O/c1-9(7-8-11)10-5-3-2-4-6-10/h5,9,11H,2-4,6-8H2,1H3/t9-/m1/s1. The highest BCUT2D eigenvalue weighted by Crippen LogP contribution is 2.25. The van der Waals surface area contributed by atoms with Crippen molar-refractivity contribution >= 4 is 0 Å². The van der Waals surface area contributed by atoms with E-state index in [-0.39, 0.29) is 0 Å². The molecule has 0 fully saturated rings. The van der Waals surface area contributed by atoms with Gasteiger partial charge in [0.2, 0.25) is 0 Å². The number of rotatable bonds is 3. The van der Waals surface area contributed by atoms with Gasteiger partial charge < -0.3 is 5.11 Å². The Kier molecular flexibility index (Phi) is 3.64. The zero-order valence-electron chi connectivity index (χ0n) is 7.34. The minimum absolute atomic E-state index is 0.332. The van der Waals surface area contributed by atoms with Crippen molar-refractivity contribution in [1.82, 2.24) is 0 Å². The van der Waals surface area contributed by atoms with Crippen LogP contribution in [-0.4, -0.2) is 11.7 Å². The van der Waals surface area contributed by atoms with E-state index in [2.05, 4.69) is 13.0 Å². The molecule has 1 aliphatic rings. The third-order valence-electron chi connectivity index (χ3n) is 2.52. The van der Waals surface area contributed by atoms with Crippen molar-refractivity contribution in [2.75, 3.05) is 6.61 Å². The molecule has 0 saturated carbocycles. The summed E-state index contributed by atoms with van der Waals surface area (Å²) in [6.45, 7) is 2.55. The van der Waals surface area contributed by atoms with Crippen LogP contribution in [0.3, 0.4) is 0 Å². The molecule has 1 N–H and O–H groups in total. The fraction of sp³-hybridized carbons (Fsp3) is 0.800. The van der Waals surface area contributed by atoms with E-state index in [9.17, 15) is 0 Å². The lowest BCUT2D eigenvalue weighted by Gasteiger charge is -2.18. The molecule has 1 rings (SSSR count). The summed E-state index contributed by atoms with van der Waals surface area (Å²) in [6, 6.07) is 0. The predicted molar refractivity (Wildman–Crippen MR) is 47.4 cm³/mol. The van der Waals surface area contributed by atoms with Crippen LogP contribution < -0.4 is 0 Å². The van der Waals surface area contributed by atoms with Crippen LogP contribution in [-0.2, 0) is 0 Å². The Hall–Kier alpha value is -0.300. The molecule has 1 atom stereocenters. The highest BCUT2D eigenvalue weighted by atomic mass is 16.3. The van der Waals surface area contributed by atoms with Gasteiger partial charge in [-0.1, -0.05) is 18.6 Å². The molecule has 0 aromatic heterocycles. The summed E-state index contributed by atoms with van der Waals surface area (Å²) < 4.78 is 0. The second kappa shape index (κ2) is 4.55. The van der Waals surface area contributed by atoms with E-state index in [1.54, 1.807) is 5.57 Å². The third-order valence-corrected chi connectivity index (χ3v) is 2.52. The fourth-order valence-electron chi connectivity index (χ4n) is 1.69. The average Bonchev–Trinajstić information content (AvgIpc) is 2.07. The van der Waals surface area contributed by atoms with Crippen LogP contribution in [0.2, 0.25) is 0 Å². The van der Waals surface area contributed by atoms with Crippen molar-refractivity contribution in [2.45, 2.75) is 39.0 Å². The molecule has 0 radical (unpaired) electrons. The van der Waals surface area contributed by atoms with Gasteiger partial charge in [0.25, 0.3) is 0 Å². The van der Waals surface area contributed by atoms with Gasteiger partial charge in [-0.15, -0.1) is 0 Å². The fourth-order valence-corrected chi connectivity index (χ4v) is 1.69. The SMILES string of the molecule is C[C@H](CCO)C1=CCCCC1. The van der Waals surface area contributed by atoms with Crippen molar-refractivity contribution in [1.29, 1.82) is 0 Å². The van der Waals surface area contributed by atoms with E-state index in [1.165, 1.54) is 25.7 Å². The molecule has 0 aromatic carbocycles.